The van der Waals surface area contributed by atoms with E-state index in [2.05, 4.69) is 5.32 Å². The molecule has 6 nitrogen and oxygen atoms in total. The minimum atomic E-state index is -0.524. The van der Waals surface area contributed by atoms with Crippen molar-refractivity contribution in [2.45, 2.75) is 31.7 Å². The third-order valence-corrected chi connectivity index (χ3v) is 5.09. The number of likely N-dealkylation sites (N-methyl/N-ethyl adjacent to an activating group) is 1. The van der Waals surface area contributed by atoms with E-state index in [9.17, 15) is 9.90 Å². The number of hydrogen-bond donors (Lipinski definition) is 2. The molecule has 0 bridgehead atoms. The molecule has 2 amide bonds. The molecule has 1 heterocycles. The number of aliphatic hydroxyl groups is 1. The molecule has 6 heteroatoms. The van der Waals surface area contributed by atoms with E-state index in [1.54, 1.807) is 4.90 Å². The van der Waals surface area contributed by atoms with Crippen LogP contribution in [0.25, 0.3) is 0 Å². The minimum absolute atomic E-state index is 0.0995. The van der Waals surface area contributed by atoms with Crippen LogP contribution < -0.4 is 10.1 Å². The van der Waals surface area contributed by atoms with Crippen molar-refractivity contribution in [1.29, 1.82) is 0 Å². The molecule has 1 fully saturated rings. The van der Waals surface area contributed by atoms with Crippen LogP contribution in [0.1, 0.15) is 17.5 Å². The summed E-state index contributed by atoms with van der Waals surface area (Å²) in [5, 5.41) is 13.2. The zero-order chi connectivity index (χ0) is 19.9. The maximum atomic E-state index is 12.4. The fourth-order valence-electron chi connectivity index (χ4n) is 3.48. The molecule has 2 atom stereocenters. The molecule has 0 radical (unpaired) electrons. The Morgan fingerprint density at radius 3 is 2.64 bits per heavy atom. The van der Waals surface area contributed by atoms with Gasteiger partial charge in [0.15, 0.2) is 0 Å². The number of nitrogens with zero attached hydrogens (tertiary/aromatic N) is 2. The van der Waals surface area contributed by atoms with Crippen molar-refractivity contribution in [2.75, 3.05) is 27.2 Å². The number of carbonyl (C=O) groups is 1. The molecule has 2 aromatic rings. The van der Waals surface area contributed by atoms with Gasteiger partial charge in [0.1, 0.15) is 12.4 Å². The molecule has 0 aliphatic carbocycles. The van der Waals surface area contributed by atoms with Gasteiger partial charge in [0, 0.05) is 25.7 Å². The summed E-state index contributed by atoms with van der Waals surface area (Å²) in [4.78, 5) is 16.1. The van der Waals surface area contributed by atoms with Gasteiger partial charge in [-0.05, 0) is 43.8 Å². The Morgan fingerprint density at radius 2 is 1.93 bits per heavy atom. The van der Waals surface area contributed by atoms with Gasteiger partial charge in [-0.1, -0.05) is 42.5 Å². The molecule has 1 aliphatic heterocycles. The molecule has 2 aromatic carbocycles. The van der Waals surface area contributed by atoms with Crippen molar-refractivity contribution >= 4 is 6.03 Å². The smallest absolute Gasteiger partial charge is 0.317 e. The molecular weight excluding hydrogens is 354 g/mol. The highest BCUT2D eigenvalue weighted by Crippen LogP contribution is 2.17. The molecular formula is C22H29N3O3. The van der Waals surface area contributed by atoms with E-state index in [0.717, 1.165) is 23.3 Å². The molecule has 0 saturated carbocycles. The van der Waals surface area contributed by atoms with E-state index in [0.29, 0.717) is 26.2 Å². The predicted octanol–water partition coefficient (Wildman–Crippen LogP) is 2.47. The van der Waals surface area contributed by atoms with Crippen LogP contribution in [0.2, 0.25) is 0 Å². The number of hydrogen-bond acceptors (Lipinski definition) is 4. The number of carbonyl (C=O) groups excluding carboxylic acids is 1. The summed E-state index contributed by atoms with van der Waals surface area (Å²) in [7, 11) is 3.91. The maximum Gasteiger partial charge on any atom is 0.317 e. The predicted molar refractivity (Wildman–Crippen MR) is 109 cm³/mol. The van der Waals surface area contributed by atoms with E-state index in [1.807, 2.05) is 73.6 Å². The summed E-state index contributed by atoms with van der Waals surface area (Å²) in [5.74, 6) is 0.776. The average molecular weight is 383 g/mol. The zero-order valence-electron chi connectivity index (χ0n) is 16.5. The number of β-amino-alcohol motifs (C(OH)–C–C–N with tert-alkyl or cyclic N) is 1. The first-order valence-corrected chi connectivity index (χ1v) is 9.66. The van der Waals surface area contributed by atoms with Crippen LogP contribution in [-0.4, -0.2) is 60.3 Å². The van der Waals surface area contributed by atoms with Gasteiger partial charge in [-0.15, -0.1) is 0 Å². The van der Waals surface area contributed by atoms with E-state index >= 15 is 0 Å². The van der Waals surface area contributed by atoms with E-state index < -0.39 is 6.10 Å². The van der Waals surface area contributed by atoms with Crippen LogP contribution in [0, 0.1) is 0 Å². The van der Waals surface area contributed by atoms with Gasteiger partial charge in [0.05, 0.1) is 6.10 Å². The minimum Gasteiger partial charge on any atom is -0.489 e. The number of rotatable bonds is 6. The van der Waals surface area contributed by atoms with Crippen molar-refractivity contribution in [3.8, 4) is 5.75 Å². The standard InChI is InChI=1S/C22H29N3O3/c1-24(2)20-11-12-25(15-21(20)26)22(27)23-14-18-9-6-10-19(13-18)28-16-17-7-4-3-5-8-17/h3-10,13,20-21,26H,11-12,14-16H2,1-2H3,(H,23,27)/t20-,21-/m0/s1. The summed E-state index contributed by atoms with van der Waals surface area (Å²) < 4.78 is 5.84. The second kappa shape index (κ2) is 9.57. The lowest BCUT2D eigenvalue weighted by Crippen LogP contribution is -2.55. The summed E-state index contributed by atoms with van der Waals surface area (Å²) in [6.07, 6.45) is 0.244. The molecule has 28 heavy (non-hydrogen) atoms. The molecule has 1 aliphatic rings. The third-order valence-electron chi connectivity index (χ3n) is 5.09. The molecule has 0 unspecified atom stereocenters. The topological polar surface area (TPSA) is 65.0 Å². The van der Waals surface area contributed by atoms with Crippen molar-refractivity contribution < 1.29 is 14.6 Å². The summed E-state index contributed by atoms with van der Waals surface area (Å²) in [5.41, 5.74) is 2.09. The van der Waals surface area contributed by atoms with Crippen LogP contribution in [0.5, 0.6) is 5.75 Å². The van der Waals surface area contributed by atoms with Gasteiger partial charge < -0.3 is 25.0 Å². The molecule has 1 saturated heterocycles. The Hall–Kier alpha value is -2.57. The summed E-state index contributed by atoms with van der Waals surface area (Å²) >= 11 is 0. The van der Waals surface area contributed by atoms with E-state index in [4.69, 9.17) is 4.74 Å². The Balaban J connectivity index is 1.48. The SMILES string of the molecule is CN(C)[C@H]1CCN(C(=O)NCc2cccc(OCc3ccccc3)c2)C[C@@H]1O. The molecule has 0 aromatic heterocycles. The monoisotopic (exact) mass is 383 g/mol. The Bertz CT molecular complexity index is 767. The van der Waals surface area contributed by atoms with Gasteiger partial charge in [-0.25, -0.2) is 4.79 Å². The first-order valence-electron chi connectivity index (χ1n) is 9.66. The number of urea groups is 1. The Kier molecular flexibility index (Phi) is 6.90. The summed E-state index contributed by atoms with van der Waals surface area (Å²) in [6, 6.07) is 17.7. The summed E-state index contributed by atoms with van der Waals surface area (Å²) in [6.45, 7) is 1.93. The molecule has 2 N–H and O–H groups in total. The van der Waals surface area contributed by atoms with Crippen LogP contribution in [0.3, 0.4) is 0 Å². The second-order valence-corrected chi connectivity index (χ2v) is 7.41. The lowest BCUT2D eigenvalue weighted by atomic mass is 10.0. The van der Waals surface area contributed by atoms with Crippen LogP contribution in [0.15, 0.2) is 54.6 Å². The maximum absolute atomic E-state index is 12.4. The first-order chi connectivity index (χ1) is 13.5. The lowest BCUT2D eigenvalue weighted by molar-refractivity contribution is 0.0167. The van der Waals surface area contributed by atoms with Gasteiger partial charge in [0.2, 0.25) is 0 Å². The Morgan fingerprint density at radius 1 is 1.18 bits per heavy atom. The van der Waals surface area contributed by atoms with Crippen LogP contribution >= 0.6 is 0 Å². The molecule has 3 rings (SSSR count). The van der Waals surface area contributed by atoms with Gasteiger partial charge in [-0.2, -0.15) is 0 Å². The van der Waals surface area contributed by atoms with Crippen LogP contribution in [-0.2, 0) is 13.2 Å². The molecule has 150 valence electrons. The normalized spacial score (nSPS) is 19.5. The van der Waals surface area contributed by atoms with Crippen molar-refractivity contribution in [1.82, 2.24) is 15.1 Å². The fraction of sp³-hybridized carbons (Fsp3) is 0.409. The van der Waals surface area contributed by atoms with E-state index in [1.165, 1.54) is 0 Å². The zero-order valence-corrected chi connectivity index (χ0v) is 16.5. The third kappa shape index (κ3) is 5.47. The van der Waals surface area contributed by atoms with Crippen molar-refractivity contribution in [3.05, 3.63) is 65.7 Å². The second-order valence-electron chi connectivity index (χ2n) is 7.41. The van der Waals surface area contributed by atoms with Crippen molar-refractivity contribution in [3.63, 3.8) is 0 Å². The highest BCUT2D eigenvalue weighted by Gasteiger charge is 2.31. The van der Waals surface area contributed by atoms with Gasteiger partial charge >= 0.3 is 6.03 Å². The largest absolute Gasteiger partial charge is 0.489 e. The lowest BCUT2D eigenvalue weighted by Gasteiger charge is -2.38. The van der Waals surface area contributed by atoms with Gasteiger partial charge in [-0.3, -0.25) is 0 Å². The number of ether oxygens (including phenoxy) is 1. The number of amides is 2. The number of nitrogens with one attached hydrogen (secondary N) is 1. The quantitative estimate of drug-likeness (QED) is 0.804. The average Bonchev–Trinajstić information content (AvgIpc) is 2.71. The highest BCUT2D eigenvalue weighted by atomic mass is 16.5. The Labute approximate surface area is 166 Å². The number of piperidine rings is 1. The highest BCUT2D eigenvalue weighted by molar-refractivity contribution is 5.74. The number of benzene rings is 2. The van der Waals surface area contributed by atoms with Gasteiger partial charge in [0.25, 0.3) is 0 Å². The van der Waals surface area contributed by atoms with E-state index in [-0.39, 0.29) is 12.1 Å². The first kappa shape index (κ1) is 20.2. The fourth-order valence-corrected chi connectivity index (χ4v) is 3.48. The van der Waals surface area contributed by atoms with Crippen LogP contribution in [0.4, 0.5) is 4.79 Å². The molecule has 0 spiro atoms. The van der Waals surface area contributed by atoms with Crippen molar-refractivity contribution in [2.24, 2.45) is 0 Å². The number of likely N-dealkylation sites (tertiary alicyclic amines) is 1. The number of aliphatic hydroxyl groups excluding tert-OH is 1.